The van der Waals surface area contributed by atoms with Crippen LogP contribution < -0.4 is 5.73 Å². The van der Waals surface area contributed by atoms with Gasteiger partial charge in [0.1, 0.15) is 0 Å². The first-order chi connectivity index (χ1) is 7.60. The molecule has 0 saturated carbocycles. The number of rotatable bonds is 6. The quantitative estimate of drug-likeness (QED) is 0.744. The van der Waals surface area contributed by atoms with Crippen molar-refractivity contribution in [3.05, 3.63) is 0 Å². The highest BCUT2D eigenvalue weighted by atomic mass is 15.2. The second-order valence-corrected chi connectivity index (χ2v) is 5.48. The van der Waals surface area contributed by atoms with Crippen molar-refractivity contribution in [2.75, 3.05) is 33.7 Å². The Kier molecular flexibility index (Phi) is 5.73. The van der Waals surface area contributed by atoms with Gasteiger partial charge in [0.25, 0.3) is 0 Å². The molecule has 96 valence electrons. The highest BCUT2D eigenvalue weighted by molar-refractivity contribution is 4.88. The van der Waals surface area contributed by atoms with E-state index in [0.29, 0.717) is 12.0 Å². The van der Waals surface area contributed by atoms with Crippen LogP contribution in [0, 0.1) is 5.92 Å². The fourth-order valence-corrected chi connectivity index (χ4v) is 2.88. The minimum Gasteiger partial charge on any atom is -0.329 e. The molecule has 0 aliphatic carbocycles. The average molecular weight is 227 g/mol. The first kappa shape index (κ1) is 13.9. The third kappa shape index (κ3) is 3.44. The number of nitrogens with two attached hydrogens (primary N) is 1. The number of nitrogens with zero attached hydrogens (tertiary/aromatic N) is 2. The van der Waals surface area contributed by atoms with Crippen LogP contribution in [0.15, 0.2) is 0 Å². The highest BCUT2D eigenvalue weighted by Gasteiger charge is 2.32. The molecule has 0 radical (unpaired) electrons. The van der Waals surface area contributed by atoms with Crippen molar-refractivity contribution in [2.45, 2.75) is 45.2 Å². The maximum Gasteiger partial charge on any atom is 0.0247 e. The van der Waals surface area contributed by atoms with Gasteiger partial charge in [0, 0.05) is 25.2 Å². The van der Waals surface area contributed by atoms with Gasteiger partial charge < -0.3 is 10.6 Å². The summed E-state index contributed by atoms with van der Waals surface area (Å²) in [6.45, 7) is 7.82. The van der Waals surface area contributed by atoms with Crippen molar-refractivity contribution in [3.63, 3.8) is 0 Å². The Labute approximate surface area is 101 Å². The Morgan fingerprint density at radius 1 is 1.44 bits per heavy atom. The smallest absolute Gasteiger partial charge is 0.0247 e. The summed E-state index contributed by atoms with van der Waals surface area (Å²) in [6.07, 6.45) is 3.91. The van der Waals surface area contributed by atoms with Gasteiger partial charge in [-0.15, -0.1) is 0 Å². The van der Waals surface area contributed by atoms with E-state index < -0.39 is 0 Å². The summed E-state index contributed by atoms with van der Waals surface area (Å²) in [5.74, 6) is 0.716. The zero-order chi connectivity index (χ0) is 12.1. The third-order valence-electron chi connectivity index (χ3n) is 3.97. The second-order valence-electron chi connectivity index (χ2n) is 5.48. The van der Waals surface area contributed by atoms with Gasteiger partial charge in [-0.05, 0) is 39.4 Å². The zero-order valence-electron chi connectivity index (χ0n) is 11.4. The minimum atomic E-state index is 0.581. The van der Waals surface area contributed by atoms with Crippen LogP contribution in [-0.2, 0) is 0 Å². The number of likely N-dealkylation sites (N-methyl/N-ethyl adjacent to an activating group) is 1. The second kappa shape index (κ2) is 6.58. The number of likely N-dealkylation sites (tertiary alicyclic amines) is 1. The van der Waals surface area contributed by atoms with Crippen LogP contribution in [0.2, 0.25) is 0 Å². The molecule has 0 aromatic heterocycles. The van der Waals surface area contributed by atoms with Gasteiger partial charge in [0.2, 0.25) is 0 Å². The molecule has 0 spiro atoms. The van der Waals surface area contributed by atoms with Crippen LogP contribution in [-0.4, -0.2) is 55.6 Å². The maximum absolute atomic E-state index is 5.97. The lowest BCUT2D eigenvalue weighted by atomic mass is 9.97. The summed E-state index contributed by atoms with van der Waals surface area (Å²) in [4.78, 5) is 4.96. The van der Waals surface area contributed by atoms with Crippen LogP contribution in [0.3, 0.4) is 0 Å². The van der Waals surface area contributed by atoms with E-state index >= 15 is 0 Å². The van der Waals surface area contributed by atoms with Crippen molar-refractivity contribution in [3.8, 4) is 0 Å². The molecular weight excluding hydrogens is 198 g/mol. The molecular formula is C13H29N3. The van der Waals surface area contributed by atoms with Crippen molar-refractivity contribution in [2.24, 2.45) is 11.7 Å². The van der Waals surface area contributed by atoms with Gasteiger partial charge in [-0.2, -0.15) is 0 Å². The SMILES string of the molecule is CCC(C)C(CN)N1CCCC1CN(C)C. The number of hydrogen-bond acceptors (Lipinski definition) is 3. The lowest BCUT2D eigenvalue weighted by Gasteiger charge is -2.37. The molecule has 0 aromatic rings. The Morgan fingerprint density at radius 3 is 2.62 bits per heavy atom. The lowest BCUT2D eigenvalue weighted by Crippen LogP contribution is -2.49. The van der Waals surface area contributed by atoms with E-state index in [1.54, 1.807) is 0 Å². The van der Waals surface area contributed by atoms with E-state index in [4.69, 9.17) is 5.73 Å². The standard InChI is InChI=1S/C13H29N3/c1-5-11(2)13(9-14)16-8-6-7-12(16)10-15(3)4/h11-13H,5-10,14H2,1-4H3. The van der Waals surface area contributed by atoms with Crippen LogP contribution in [0.4, 0.5) is 0 Å². The maximum atomic E-state index is 5.97. The molecule has 1 rings (SSSR count). The summed E-state index contributed by atoms with van der Waals surface area (Å²) < 4.78 is 0. The summed E-state index contributed by atoms with van der Waals surface area (Å²) >= 11 is 0. The molecule has 3 nitrogen and oxygen atoms in total. The largest absolute Gasteiger partial charge is 0.329 e. The van der Waals surface area contributed by atoms with Gasteiger partial charge in [-0.3, -0.25) is 4.90 Å². The normalized spacial score (nSPS) is 26.2. The van der Waals surface area contributed by atoms with Crippen molar-refractivity contribution >= 4 is 0 Å². The van der Waals surface area contributed by atoms with Crippen molar-refractivity contribution in [1.82, 2.24) is 9.80 Å². The first-order valence-corrected chi connectivity index (χ1v) is 6.70. The predicted molar refractivity (Wildman–Crippen MR) is 70.6 cm³/mol. The van der Waals surface area contributed by atoms with Crippen molar-refractivity contribution < 1.29 is 0 Å². The predicted octanol–water partition coefficient (Wildman–Crippen LogP) is 1.39. The third-order valence-corrected chi connectivity index (χ3v) is 3.97. The molecule has 2 N–H and O–H groups in total. The van der Waals surface area contributed by atoms with Crippen molar-refractivity contribution in [1.29, 1.82) is 0 Å². The fourth-order valence-electron chi connectivity index (χ4n) is 2.88. The van der Waals surface area contributed by atoms with E-state index in [-0.39, 0.29) is 0 Å². The molecule has 3 heteroatoms. The monoisotopic (exact) mass is 227 g/mol. The molecule has 0 amide bonds. The Hall–Kier alpha value is -0.120. The molecule has 1 aliphatic heterocycles. The van der Waals surface area contributed by atoms with Gasteiger partial charge >= 0.3 is 0 Å². The molecule has 0 aromatic carbocycles. The molecule has 0 bridgehead atoms. The van der Waals surface area contributed by atoms with Crippen LogP contribution >= 0.6 is 0 Å². The Bertz CT molecular complexity index is 194. The molecule has 1 heterocycles. The molecule has 1 fully saturated rings. The van der Waals surface area contributed by atoms with Crippen LogP contribution in [0.25, 0.3) is 0 Å². The Balaban J connectivity index is 2.60. The van der Waals surface area contributed by atoms with E-state index in [9.17, 15) is 0 Å². The highest BCUT2D eigenvalue weighted by Crippen LogP contribution is 2.25. The van der Waals surface area contributed by atoms with E-state index in [2.05, 4.69) is 37.7 Å². The fraction of sp³-hybridized carbons (Fsp3) is 1.00. The Morgan fingerprint density at radius 2 is 2.12 bits per heavy atom. The van der Waals surface area contributed by atoms with Gasteiger partial charge in [0.15, 0.2) is 0 Å². The first-order valence-electron chi connectivity index (χ1n) is 6.70. The van der Waals surface area contributed by atoms with Crippen LogP contribution in [0.1, 0.15) is 33.1 Å². The summed E-state index contributed by atoms with van der Waals surface area (Å²) in [7, 11) is 4.33. The van der Waals surface area contributed by atoms with E-state index in [1.807, 2.05) is 0 Å². The molecule has 16 heavy (non-hydrogen) atoms. The van der Waals surface area contributed by atoms with Gasteiger partial charge in [-0.25, -0.2) is 0 Å². The zero-order valence-corrected chi connectivity index (χ0v) is 11.4. The van der Waals surface area contributed by atoms with E-state index in [0.717, 1.165) is 12.6 Å². The summed E-state index contributed by atoms with van der Waals surface area (Å²) in [5.41, 5.74) is 5.97. The molecule has 3 atom stereocenters. The topological polar surface area (TPSA) is 32.5 Å². The van der Waals surface area contributed by atoms with Gasteiger partial charge in [-0.1, -0.05) is 20.3 Å². The van der Waals surface area contributed by atoms with Gasteiger partial charge in [0.05, 0.1) is 0 Å². The number of hydrogen-bond donors (Lipinski definition) is 1. The minimum absolute atomic E-state index is 0.581. The molecule has 3 unspecified atom stereocenters. The molecule has 1 aliphatic rings. The van der Waals surface area contributed by atoms with E-state index in [1.165, 1.54) is 32.4 Å². The average Bonchev–Trinajstić information content (AvgIpc) is 2.66. The van der Waals surface area contributed by atoms with Crippen LogP contribution in [0.5, 0.6) is 0 Å². The summed E-state index contributed by atoms with van der Waals surface area (Å²) in [5, 5.41) is 0. The lowest BCUT2D eigenvalue weighted by molar-refractivity contribution is 0.118. The summed E-state index contributed by atoms with van der Waals surface area (Å²) in [6, 6.07) is 1.30. The molecule has 1 saturated heterocycles.